The molecule has 2 aromatic heterocycles. The van der Waals surface area contributed by atoms with Gasteiger partial charge < -0.3 is 0 Å². The molecule has 0 radical (unpaired) electrons. The van der Waals surface area contributed by atoms with Crippen LogP contribution in [0, 0.1) is 3.80 Å². The van der Waals surface area contributed by atoms with Crippen LogP contribution in [0.15, 0.2) is 152 Å². The molecule has 1 aliphatic heterocycles. The second-order valence-electron chi connectivity index (χ2n) is 20.6. The van der Waals surface area contributed by atoms with Crippen LogP contribution in [0.3, 0.4) is 0 Å². The molecule has 9 rings (SSSR count). The summed E-state index contributed by atoms with van der Waals surface area (Å²) in [6.07, 6.45) is 4.04. The van der Waals surface area contributed by atoms with Crippen molar-refractivity contribution in [3.05, 3.63) is 178 Å². The molecular weight excluding hydrogens is 964 g/mol. The number of rotatable bonds is 7. The molecule has 6 heteroatoms. The monoisotopic (exact) mass is 1020 g/mol. The number of ether oxygens (including phenoxy) is 1. The van der Waals surface area contributed by atoms with Gasteiger partial charge in [-0.15, -0.1) is 0 Å². The van der Waals surface area contributed by atoms with Gasteiger partial charge in [-0.2, -0.15) is 0 Å². The molecule has 0 bridgehead atoms. The fourth-order valence-corrected chi connectivity index (χ4v) is 10.1. The van der Waals surface area contributed by atoms with Crippen molar-refractivity contribution in [1.82, 2.24) is 14.1 Å². The Morgan fingerprint density at radius 2 is 1.12 bits per heavy atom. The van der Waals surface area contributed by atoms with Crippen molar-refractivity contribution in [1.29, 1.82) is 0 Å². The first-order chi connectivity index (χ1) is 30.5. The summed E-state index contributed by atoms with van der Waals surface area (Å²) >= 11 is 2.56. The Kier molecular flexibility index (Phi) is 11.3. The van der Waals surface area contributed by atoms with Crippen molar-refractivity contribution in [2.45, 2.75) is 104 Å². The smallest absolute Gasteiger partial charge is 0.0561 e. The van der Waals surface area contributed by atoms with Gasteiger partial charge in [0, 0.05) is 6.20 Å². The molecule has 1 unspecified atom stereocenters. The first-order valence-corrected chi connectivity index (χ1v) is 23.8. The van der Waals surface area contributed by atoms with Crippen LogP contribution in [0.1, 0.15) is 97.9 Å². The van der Waals surface area contributed by atoms with Crippen LogP contribution in [-0.4, -0.2) is 20.2 Å². The number of benzene rings is 6. The topological polar surface area (TPSA) is 35.2 Å². The van der Waals surface area contributed by atoms with E-state index in [4.69, 9.17) is 9.72 Å². The van der Waals surface area contributed by atoms with Crippen molar-refractivity contribution in [2.24, 2.45) is 0 Å². The molecular formula is C58H60N4OPt. The molecule has 1 atom stereocenters. The Hall–Kier alpha value is -5.77. The van der Waals surface area contributed by atoms with Gasteiger partial charge in [-0.1, -0.05) is 20.8 Å². The van der Waals surface area contributed by atoms with E-state index in [1.165, 1.54) is 44.5 Å². The van der Waals surface area contributed by atoms with E-state index in [9.17, 15) is 0 Å². The van der Waals surface area contributed by atoms with Crippen molar-refractivity contribution >= 4 is 22.5 Å². The van der Waals surface area contributed by atoms with E-state index in [1.807, 2.05) is 6.20 Å². The van der Waals surface area contributed by atoms with E-state index in [1.54, 1.807) is 0 Å². The standard InChI is InChI=1S/C58H60N4O.Pt/c1-39-25-26-42-27-28-47(37-53(42)62(39)54-35-43(29-30-59-54)56(2,3)4)63-48-32-44(57(5,6)7)31-46(36-48)60-38-61(52-24-18-17-23-51(52)60)55-49(40-19-13-11-14-20-40)33-45(58(8,9)10)34-50(55)41-21-15-12-16-22-41;/h11-24,27-37,39H,25-26H2,1-10H3;. The van der Waals surface area contributed by atoms with Gasteiger partial charge in [-0.25, -0.2) is 0 Å². The van der Waals surface area contributed by atoms with Crippen LogP contribution in [0.2, 0.25) is 0 Å². The Morgan fingerprint density at radius 3 is 1.72 bits per heavy atom. The van der Waals surface area contributed by atoms with Gasteiger partial charge >= 0.3 is 349 Å². The molecule has 0 saturated carbocycles. The van der Waals surface area contributed by atoms with E-state index in [-0.39, 0.29) is 16.2 Å². The summed E-state index contributed by atoms with van der Waals surface area (Å²) in [6, 6.07) is 53.4. The normalized spacial score (nSPS) is 14.5. The number of pyridine rings is 1. The molecule has 6 aromatic carbocycles. The Bertz CT molecular complexity index is 3010. The number of aryl methyl sites for hydroxylation is 1. The van der Waals surface area contributed by atoms with Crippen LogP contribution in [0.4, 0.5) is 11.5 Å². The zero-order valence-electron chi connectivity index (χ0n) is 38.9. The van der Waals surface area contributed by atoms with E-state index >= 15 is 0 Å². The minimum Gasteiger partial charge on any atom is -0.0561 e. The van der Waals surface area contributed by atoms with Crippen molar-refractivity contribution in [2.75, 3.05) is 4.90 Å². The number of hydrogen-bond acceptors (Lipinski definition) is 3. The Labute approximate surface area is 390 Å². The van der Waals surface area contributed by atoms with E-state index < -0.39 is 0 Å². The summed E-state index contributed by atoms with van der Waals surface area (Å²) in [5.74, 6) is 2.59. The van der Waals surface area contributed by atoms with E-state index in [2.05, 4.69) is 248 Å². The van der Waals surface area contributed by atoms with Crippen LogP contribution >= 0.6 is 0 Å². The summed E-state index contributed by atoms with van der Waals surface area (Å²) in [5.41, 5.74) is 15.3. The molecule has 0 spiro atoms. The molecule has 1 aliphatic rings. The molecule has 0 saturated heterocycles. The third-order valence-electron chi connectivity index (χ3n) is 12.8. The summed E-state index contributed by atoms with van der Waals surface area (Å²) in [4.78, 5) is 7.33. The number of aromatic nitrogens is 3. The molecule has 3 heterocycles. The van der Waals surface area contributed by atoms with Gasteiger partial charge in [0.25, 0.3) is 0 Å². The zero-order valence-corrected chi connectivity index (χ0v) is 41.2. The summed E-state index contributed by atoms with van der Waals surface area (Å²) in [6.45, 7) is 22.8. The molecule has 5 nitrogen and oxygen atoms in total. The quantitative estimate of drug-likeness (QED) is 0.160. The number of anilines is 2. The van der Waals surface area contributed by atoms with E-state index in [0.29, 0.717) is 6.04 Å². The Morgan fingerprint density at radius 1 is 0.562 bits per heavy atom. The third-order valence-corrected chi connectivity index (χ3v) is 13.8. The second-order valence-corrected chi connectivity index (χ2v) is 21.6. The minimum atomic E-state index is -0.145. The maximum atomic E-state index is 7.01. The fourth-order valence-electron chi connectivity index (χ4n) is 9.03. The zero-order chi connectivity index (χ0) is 45.1. The molecule has 0 aliphatic carbocycles. The Balaban J connectivity index is 1.23. The van der Waals surface area contributed by atoms with Gasteiger partial charge in [0.2, 0.25) is 0 Å². The van der Waals surface area contributed by atoms with Crippen LogP contribution in [-0.2, 0) is 42.0 Å². The number of para-hydroxylation sites is 2. The molecule has 0 amide bonds. The van der Waals surface area contributed by atoms with Crippen molar-refractivity contribution in [3.8, 4) is 45.1 Å². The average molecular weight is 1020 g/mol. The van der Waals surface area contributed by atoms with Crippen LogP contribution < -0.4 is 9.64 Å². The summed E-state index contributed by atoms with van der Waals surface area (Å²) in [5, 5.41) is 0. The second kappa shape index (κ2) is 16.7. The number of hydrogen-bond donors (Lipinski definition) is 0. The van der Waals surface area contributed by atoms with Gasteiger partial charge in [0.15, 0.2) is 0 Å². The SMILES string of the molecule is CC1CCc2ccc(Oc3cc(-n4[c](=[Pt])n(-c5c(-c6ccccc6)cc(C(C)(C)C)cc5-c5ccccc5)c5ccccc54)cc(C(C)(C)C)c3)cc2N1c1cc(C(C)(C)C)ccn1. The number of nitrogens with zero attached hydrogens (tertiary/aromatic N) is 4. The minimum absolute atomic E-state index is 0.0215. The first-order valence-electron chi connectivity index (χ1n) is 22.7. The van der Waals surface area contributed by atoms with Crippen molar-refractivity contribution in [3.63, 3.8) is 0 Å². The predicted octanol–water partition coefficient (Wildman–Crippen LogP) is 15.4. The van der Waals surface area contributed by atoms with Gasteiger partial charge in [0.1, 0.15) is 0 Å². The summed E-state index contributed by atoms with van der Waals surface area (Å²) in [7, 11) is 0. The predicted molar refractivity (Wildman–Crippen MR) is 263 cm³/mol. The molecule has 0 fully saturated rings. The maximum absolute atomic E-state index is 7.01. The average Bonchev–Trinajstić information content (AvgIpc) is 3.56. The number of imidazole rings is 1. The number of fused-ring (bicyclic) bond motifs is 2. The van der Waals surface area contributed by atoms with Crippen LogP contribution in [0.5, 0.6) is 11.5 Å². The third kappa shape index (κ3) is 8.36. The van der Waals surface area contributed by atoms with Crippen LogP contribution in [0.25, 0.3) is 44.7 Å². The molecule has 64 heavy (non-hydrogen) atoms. The summed E-state index contributed by atoms with van der Waals surface area (Å²) < 4.78 is 13.0. The van der Waals surface area contributed by atoms with Gasteiger partial charge in [-0.3, -0.25) is 0 Å². The molecule has 328 valence electrons. The van der Waals surface area contributed by atoms with Gasteiger partial charge in [0.05, 0.1) is 0 Å². The van der Waals surface area contributed by atoms with E-state index in [0.717, 1.165) is 62.1 Å². The van der Waals surface area contributed by atoms with Crippen molar-refractivity contribution < 1.29 is 24.1 Å². The first kappa shape index (κ1) is 43.5. The molecule has 8 aromatic rings. The fraction of sp³-hybridized carbons (Fsp3) is 0.276. The molecule has 0 N–H and O–H groups in total. The van der Waals surface area contributed by atoms with Gasteiger partial charge in [-0.05, 0) is 17.0 Å².